The summed E-state index contributed by atoms with van der Waals surface area (Å²) in [5.41, 5.74) is 0. The molecule has 17 nitrogen and oxygen atoms in total. The molecule has 4 unspecified atom stereocenters. The minimum absolute atomic E-state index is 0.105. The molecule has 19 heteroatoms. The number of carbonyl (C=O) groups excluding carboxylic acids is 4. The average Bonchev–Trinajstić information content (AvgIpc) is 1.33. The van der Waals surface area contributed by atoms with Gasteiger partial charge in [0.1, 0.15) is 19.3 Å². The van der Waals surface area contributed by atoms with Gasteiger partial charge in [0.25, 0.3) is 0 Å². The SMILES string of the molecule is CCC(C)CCCCCCCCCCCCCCCCCCCCC(=O)O[C@H](COC(=O)CCCCCCCCCC(C)C)COP(=O)(O)OC[C@@H](O)COP(=O)(O)OC[C@@H](COC(=O)CCCCCCCCC(C)CC)OC(=O)CCCCCCCCCCCCC(C)C. The van der Waals surface area contributed by atoms with E-state index in [4.69, 9.17) is 37.0 Å². The number of phosphoric ester groups is 2. The number of rotatable bonds is 73. The number of hydrogen-bond donors (Lipinski definition) is 3. The Bertz CT molecular complexity index is 1870. The van der Waals surface area contributed by atoms with Gasteiger partial charge >= 0.3 is 39.5 Å². The van der Waals surface area contributed by atoms with E-state index in [1.165, 1.54) is 173 Å². The second kappa shape index (κ2) is 65.4. The molecule has 0 aromatic rings. The number of carbonyl (C=O) groups is 4. The van der Waals surface area contributed by atoms with Gasteiger partial charge in [-0.3, -0.25) is 37.3 Å². The lowest BCUT2D eigenvalue weighted by Gasteiger charge is -2.21. The number of esters is 4. The quantitative estimate of drug-likeness (QED) is 0.0222. The molecule has 0 aliphatic rings. The molecule has 0 rings (SSSR count). The van der Waals surface area contributed by atoms with E-state index in [1.54, 1.807) is 0 Å². The van der Waals surface area contributed by atoms with Crippen molar-refractivity contribution in [2.24, 2.45) is 23.7 Å². The van der Waals surface area contributed by atoms with Crippen molar-refractivity contribution in [3.8, 4) is 0 Å². The summed E-state index contributed by atoms with van der Waals surface area (Å²) in [6, 6.07) is 0. The molecule has 0 fully saturated rings. The minimum atomic E-state index is -4.96. The first-order valence-corrected chi connectivity index (χ1v) is 42.3. The van der Waals surface area contributed by atoms with Crippen LogP contribution in [0, 0.1) is 23.7 Å². The van der Waals surface area contributed by atoms with Crippen LogP contribution in [0.4, 0.5) is 0 Å². The molecule has 0 aliphatic heterocycles. The Morgan fingerprint density at radius 3 is 0.747 bits per heavy atom. The van der Waals surface area contributed by atoms with Crippen LogP contribution >= 0.6 is 15.6 Å². The molecule has 0 heterocycles. The van der Waals surface area contributed by atoms with Gasteiger partial charge in [0.05, 0.1) is 26.4 Å². The third kappa shape index (κ3) is 67.6. The van der Waals surface area contributed by atoms with Crippen LogP contribution in [0.15, 0.2) is 0 Å². The predicted octanol–water partition coefficient (Wildman–Crippen LogP) is 22.0. The molecule has 3 N–H and O–H groups in total. The Labute approximate surface area is 581 Å². The third-order valence-corrected chi connectivity index (χ3v) is 20.2. The highest BCUT2D eigenvalue weighted by atomic mass is 31.2. The highest BCUT2D eigenvalue weighted by Gasteiger charge is 2.30. The molecule has 0 aromatic carbocycles. The van der Waals surface area contributed by atoms with E-state index in [1.807, 2.05) is 0 Å². The van der Waals surface area contributed by atoms with Gasteiger partial charge in [-0.25, -0.2) is 9.13 Å². The number of unbranched alkanes of at least 4 members (excludes halogenated alkanes) is 37. The molecule has 95 heavy (non-hydrogen) atoms. The molecule has 0 spiro atoms. The Kier molecular flexibility index (Phi) is 64.0. The van der Waals surface area contributed by atoms with Crippen LogP contribution in [0.3, 0.4) is 0 Å². The summed E-state index contributed by atoms with van der Waals surface area (Å²) in [6.45, 7) is 14.2. The smallest absolute Gasteiger partial charge is 0.462 e. The van der Waals surface area contributed by atoms with Gasteiger partial charge in [-0.15, -0.1) is 0 Å². The fraction of sp³-hybridized carbons (Fsp3) is 0.947. The van der Waals surface area contributed by atoms with Gasteiger partial charge in [0.2, 0.25) is 0 Å². The topological polar surface area (TPSA) is 237 Å². The first kappa shape index (κ1) is 93.1. The number of aliphatic hydroxyl groups excluding tert-OH is 1. The minimum Gasteiger partial charge on any atom is -0.462 e. The highest BCUT2D eigenvalue weighted by molar-refractivity contribution is 7.47. The van der Waals surface area contributed by atoms with Gasteiger partial charge < -0.3 is 33.8 Å². The fourth-order valence-electron chi connectivity index (χ4n) is 11.5. The van der Waals surface area contributed by atoms with Crippen LogP contribution in [0.25, 0.3) is 0 Å². The number of ether oxygens (including phenoxy) is 4. The van der Waals surface area contributed by atoms with E-state index in [0.29, 0.717) is 31.6 Å². The first-order chi connectivity index (χ1) is 45.7. The monoisotopic (exact) mass is 1400 g/mol. The zero-order valence-corrected chi connectivity index (χ0v) is 64.1. The lowest BCUT2D eigenvalue weighted by molar-refractivity contribution is -0.161. The Morgan fingerprint density at radius 2 is 0.505 bits per heavy atom. The summed E-state index contributed by atoms with van der Waals surface area (Å²) >= 11 is 0. The van der Waals surface area contributed by atoms with E-state index in [0.717, 1.165) is 120 Å². The van der Waals surface area contributed by atoms with Crippen molar-refractivity contribution in [2.75, 3.05) is 39.6 Å². The summed E-state index contributed by atoms with van der Waals surface area (Å²) < 4.78 is 68.4. The van der Waals surface area contributed by atoms with Gasteiger partial charge in [-0.05, 0) is 49.4 Å². The molecule has 0 aromatic heterocycles. The molecule has 564 valence electrons. The first-order valence-electron chi connectivity index (χ1n) is 39.3. The van der Waals surface area contributed by atoms with E-state index in [9.17, 15) is 43.2 Å². The normalized spacial score (nSPS) is 14.7. The zero-order valence-electron chi connectivity index (χ0n) is 62.3. The Morgan fingerprint density at radius 1 is 0.295 bits per heavy atom. The van der Waals surface area contributed by atoms with E-state index in [2.05, 4.69) is 55.4 Å². The number of aliphatic hydroxyl groups is 1. The molecule has 0 radical (unpaired) electrons. The maximum absolute atomic E-state index is 13.1. The van der Waals surface area contributed by atoms with E-state index in [-0.39, 0.29) is 25.7 Å². The average molecular weight is 1400 g/mol. The summed E-state index contributed by atoms with van der Waals surface area (Å²) in [6.07, 6.45) is 50.2. The van der Waals surface area contributed by atoms with Crippen LogP contribution < -0.4 is 0 Å². The van der Waals surface area contributed by atoms with Gasteiger partial charge in [-0.1, -0.05) is 331 Å². The summed E-state index contributed by atoms with van der Waals surface area (Å²) in [7, 11) is -9.91. The zero-order chi connectivity index (χ0) is 70.3. The van der Waals surface area contributed by atoms with Gasteiger partial charge in [0, 0.05) is 25.7 Å². The predicted molar refractivity (Wildman–Crippen MR) is 386 cm³/mol. The van der Waals surface area contributed by atoms with Crippen molar-refractivity contribution in [3.63, 3.8) is 0 Å². The standard InChI is InChI=1S/C76H148O17P2/c1-9-68(7)54-46-38-30-24-19-17-15-13-11-12-14-16-18-20-25-31-42-50-58-75(80)92-71(62-86-73(78)56-48-40-33-27-29-37-45-53-67(5)6)64-90-94(82,83)88-60-70(77)61-89-95(84,85)91-65-72(63-87-74(79)57-49-41-35-34-39-47-55-69(8)10-2)93-76(81)59-51-43-32-26-22-21-23-28-36-44-52-66(3)4/h66-72,77H,9-65H2,1-8H3,(H,82,83)(H,84,85)/t68?,69?,70-,71-,72-/m1/s1. The largest absolute Gasteiger partial charge is 0.472 e. The van der Waals surface area contributed by atoms with Crippen molar-refractivity contribution < 1.29 is 80.2 Å². The Balaban J connectivity index is 5.17. The lowest BCUT2D eigenvalue weighted by atomic mass is 9.99. The van der Waals surface area contributed by atoms with Crippen molar-refractivity contribution >= 4 is 39.5 Å². The molecule has 0 bridgehead atoms. The van der Waals surface area contributed by atoms with E-state index >= 15 is 0 Å². The lowest BCUT2D eigenvalue weighted by Crippen LogP contribution is -2.30. The summed E-state index contributed by atoms with van der Waals surface area (Å²) in [4.78, 5) is 72.7. The fourth-order valence-corrected chi connectivity index (χ4v) is 13.1. The van der Waals surface area contributed by atoms with Crippen molar-refractivity contribution in [1.29, 1.82) is 0 Å². The maximum Gasteiger partial charge on any atom is 0.472 e. The van der Waals surface area contributed by atoms with Crippen molar-refractivity contribution in [1.82, 2.24) is 0 Å². The van der Waals surface area contributed by atoms with Crippen LogP contribution in [0.1, 0.15) is 383 Å². The van der Waals surface area contributed by atoms with Crippen LogP contribution in [0.2, 0.25) is 0 Å². The maximum atomic E-state index is 13.1. The molecule has 0 saturated heterocycles. The Hall–Kier alpha value is -1.94. The molecule has 0 saturated carbocycles. The molecular weight excluding hydrogens is 1250 g/mol. The molecule has 0 aliphatic carbocycles. The highest BCUT2D eigenvalue weighted by Crippen LogP contribution is 2.45. The molecular formula is C76H148O17P2. The summed E-state index contributed by atoms with van der Waals surface area (Å²) in [5, 5.41) is 10.6. The van der Waals surface area contributed by atoms with Gasteiger partial charge in [-0.2, -0.15) is 0 Å². The number of hydrogen-bond acceptors (Lipinski definition) is 15. The second-order valence-electron chi connectivity index (χ2n) is 28.8. The van der Waals surface area contributed by atoms with Crippen molar-refractivity contribution in [2.45, 2.75) is 401 Å². The van der Waals surface area contributed by atoms with Crippen molar-refractivity contribution in [3.05, 3.63) is 0 Å². The van der Waals surface area contributed by atoms with E-state index < -0.39 is 97.5 Å². The summed E-state index contributed by atoms with van der Waals surface area (Å²) in [5.74, 6) is 0.934. The van der Waals surface area contributed by atoms with Crippen LogP contribution in [0.5, 0.6) is 0 Å². The molecule has 0 amide bonds. The second-order valence-corrected chi connectivity index (χ2v) is 31.7. The van der Waals surface area contributed by atoms with Gasteiger partial charge in [0.15, 0.2) is 12.2 Å². The van der Waals surface area contributed by atoms with Crippen LogP contribution in [-0.2, 0) is 65.4 Å². The third-order valence-electron chi connectivity index (χ3n) is 18.3. The van der Waals surface area contributed by atoms with Crippen LogP contribution in [-0.4, -0.2) is 96.7 Å². The molecule has 7 atom stereocenters. The number of phosphoric acid groups is 2.